The molecule has 0 aliphatic rings. The van der Waals surface area contributed by atoms with Crippen molar-refractivity contribution >= 4 is 23.4 Å². The highest BCUT2D eigenvalue weighted by atomic mass is 35.5. The van der Waals surface area contributed by atoms with E-state index in [0.29, 0.717) is 17.1 Å². The molecular formula is C15H22ClF2NOS. The highest BCUT2D eigenvalue weighted by Gasteiger charge is 2.09. The Hall–Kier alpha value is -0.520. The van der Waals surface area contributed by atoms with Crippen LogP contribution < -0.4 is 10.1 Å². The Balaban J connectivity index is 2.29. The third kappa shape index (κ3) is 8.49. The van der Waals surface area contributed by atoms with Gasteiger partial charge in [-0.25, -0.2) is 0 Å². The van der Waals surface area contributed by atoms with E-state index in [4.69, 9.17) is 11.6 Å². The number of nitrogens with one attached hydrogen (secondary N) is 1. The molecule has 0 spiro atoms. The van der Waals surface area contributed by atoms with Crippen LogP contribution in [0.2, 0.25) is 5.02 Å². The second-order valence-electron chi connectivity index (χ2n) is 4.71. The predicted octanol–water partition coefficient (Wildman–Crippen LogP) is 4.95. The molecule has 21 heavy (non-hydrogen) atoms. The lowest BCUT2D eigenvalue weighted by Crippen LogP contribution is -2.16. The molecule has 0 aliphatic carbocycles. The van der Waals surface area contributed by atoms with Crippen LogP contribution in [0.1, 0.15) is 31.2 Å². The highest BCUT2D eigenvalue weighted by molar-refractivity contribution is 7.98. The van der Waals surface area contributed by atoms with Crippen LogP contribution in [0.4, 0.5) is 8.78 Å². The zero-order valence-corrected chi connectivity index (χ0v) is 13.8. The van der Waals surface area contributed by atoms with E-state index in [2.05, 4.69) is 16.3 Å². The van der Waals surface area contributed by atoms with E-state index in [-0.39, 0.29) is 5.75 Å². The molecule has 0 amide bonds. The van der Waals surface area contributed by atoms with E-state index in [0.717, 1.165) is 13.0 Å². The molecule has 0 radical (unpaired) electrons. The van der Waals surface area contributed by atoms with E-state index >= 15 is 0 Å². The smallest absolute Gasteiger partial charge is 0.387 e. The molecule has 0 bridgehead atoms. The van der Waals surface area contributed by atoms with Crippen LogP contribution in [-0.2, 0) is 6.54 Å². The summed E-state index contributed by atoms with van der Waals surface area (Å²) in [6, 6.07) is 4.69. The summed E-state index contributed by atoms with van der Waals surface area (Å²) in [5, 5.41) is 3.76. The lowest BCUT2D eigenvalue weighted by atomic mass is 10.2. The fourth-order valence-electron chi connectivity index (χ4n) is 1.97. The first-order valence-corrected chi connectivity index (χ1v) is 8.83. The van der Waals surface area contributed by atoms with E-state index in [1.807, 2.05) is 11.8 Å². The number of hydrogen-bond acceptors (Lipinski definition) is 3. The van der Waals surface area contributed by atoms with Crippen molar-refractivity contribution in [3.05, 3.63) is 28.8 Å². The van der Waals surface area contributed by atoms with Crippen molar-refractivity contribution in [2.24, 2.45) is 0 Å². The minimum Gasteiger partial charge on any atom is -0.434 e. The number of benzene rings is 1. The SMILES string of the molecule is CSCCCCCCNCc1cc(Cl)ccc1OC(F)F. The Morgan fingerprint density at radius 3 is 2.71 bits per heavy atom. The van der Waals surface area contributed by atoms with Gasteiger partial charge in [0.15, 0.2) is 0 Å². The van der Waals surface area contributed by atoms with Gasteiger partial charge < -0.3 is 10.1 Å². The largest absolute Gasteiger partial charge is 0.434 e. The molecule has 120 valence electrons. The summed E-state index contributed by atoms with van der Waals surface area (Å²) in [5.41, 5.74) is 0.658. The number of halogens is 3. The molecule has 1 aromatic carbocycles. The molecule has 0 aliphatic heterocycles. The van der Waals surface area contributed by atoms with Crippen molar-refractivity contribution in [3.8, 4) is 5.75 Å². The van der Waals surface area contributed by atoms with Gasteiger partial charge in [-0.1, -0.05) is 24.4 Å². The van der Waals surface area contributed by atoms with E-state index in [1.54, 1.807) is 12.1 Å². The van der Waals surface area contributed by atoms with E-state index < -0.39 is 6.61 Å². The predicted molar refractivity (Wildman–Crippen MR) is 86.6 cm³/mol. The average molecular weight is 338 g/mol. The number of unbranched alkanes of at least 4 members (excludes halogenated alkanes) is 3. The van der Waals surface area contributed by atoms with Crippen LogP contribution in [0.25, 0.3) is 0 Å². The molecule has 0 fully saturated rings. The lowest BCUT2D eigenvalue weighted by Gasteiger charge is -2.12. The van der Waals surface area contributed by atoms with Crippen LogP contribution in [-0.4, -0.2) is 25.2 Å². The van der Waals surface area contributed by atoms with Crippen molar-refractivity contribution in [1.82, 2.24) is 5.32 Å². The van der Waals surface area contributed by atoms with Gasteiger partial charge in [-0.3, -0.25) is 0 Å². The Bertz CT molecular complexity index is 407. The first-order chi connectivity index (χ1) is 10.1. The monoisotopic (exact) mass is 337 g/mol. The van der Waals surface area contributed by atoms with Gasteiger partial charge in [0.05, 0.1) is 0 Å². The Morgan fingerprint density at radius 2 is 2.00 bits per heavy atom. The fraction of sp³-hybridized carbons (Fsp3) is 0.600. The van der Waals surface area contributed by atoms with E-state index in [9.17, 15) is 8.78 Å². The maximum absolute atomic E-state index is 12.3. The van der Waals surface area contributed by atoms with Crippen molar-refractivity contribution < 1.29 is 13.5 Å². The second-order valence-corrected chi connectivity index (χ2v) is 6.14. The molecule has 1 aromatic rings. The standard InChI is InChI=1S/C15H22ClF2NOS/c1-21-9-5-3-2-4-8-19-11-12-10-13(16)6-7-14(12)20-15(17)18/h6-7,10,15,19H,2-5,8-9,11H2,1H3. The molecule has 0 saturated heterocycles. The molecule has 0 aromatic heterocycles. The van der Waals surface area contributed by atoms with Crippen LogP contribution >= 0.6 is 23.4 Å². The van der Waals surface area contributed by atoms with Crippen LogP contribution in [0.3, 0.4) is 0 Å². The van der Waals surface area contributed by atoms with Crippen molar-refractivity contribution in [3.63, 3.8) is 0 Å². The third-order valence-electron chi connectivity index (χ3n) is 3.01. The molecule has 0 atom stereocenters. The highest BCUT2D eigenvalue weighted by Crippen LogP contribution is 2.24. The van der Waals surface area contributed by atoms with Gasteiger partial charge in [0.25, 0.3) is 0 Å². The summed E-state index contributed by atoms with van der Waals surface area (Å²) in [6.45, 7) is -1.48. The molecule has 6 heteroatoms. The Morgan fingerprint density at radius 1 is 1.24 bits per heavy atom. The van der Waals surface area contributed by atoms with Gasteiger partial charge in [-0.05, 0) is 49.6 Å². The minimum absolute atomic E-state index is 0.182. The number of ether oxygens (including phenoxy) is 1. The zero-order valence-electron chi connectivity index (χ0n) is 12.2. The number of alkyl halides is 2. The second kappa shape index (κ2) is 11.1. The van der Waals surface area contributed by atoms with Crippen molar-refractivity contribution in [1.29, 1.82) is 0 Å². The topological polar surface area (TPSA) is 21.3 Å². The summed E-state index contributed by atoms with van der Waals surface area (Å²) >= 11 is 7.76. The number of hydrogen-bond donors (Lipinski definition) is 1. The van der Waals surface area contributed by atoms with Crippen LogP contribution in [0.5, 0.6) is 5.75 Å². The summed E-state index contributed by atoms with van der Waals surface area (Å²) in [7, 11) is 0. The van der Waals surface area contributed by atoms with Gasteiger partial charge in [0, 0.05) is 17.1 Å². The summed E-state index contributed by atoms with van der Waals surface area (Å²) in [5.74, 6) is 1.39. The Labute approximate surface area is 134 Å². The average Bonchev–Trinajstić information content (AvgIpc) is 2.44. The molecule has 0 heterocycles. The van der Waals surface area contributed by atoms with Gasteiger partial charge in [-0.2, -0.15) is 20.5 Å². The van der Waals surface area contributed by atoms with Gasteiger partial charge >= 0.3 is 6.61 Å². The lowest BCUT2D eigenvalue weighted by molar-refractivity contribution is -0.0504. The molecule has 0 unspecified atom stereocenters. The first-order valence-electron chi connectivity index (χ1n) is 7.06. The minimum atomic E-state index is -2.82. The summed E-state index contributed by atoms with van der Waals surface area (Å²) in [4.78, 5) is 0. The summed E-state index contributed by atoms with van der Waals surface area (Å²) in [6.07, 6.45) is 6.87. The summed E-state index contributed by atoms with van der Waals surface area (Å²) < 4.78 is 29.1. The van der Waals surface area contributed by atoms with Crippen LogP contribution in [0, 0.1) is 0 Å². The maximum Gasteiger partial charge on any atom is 0.387 e. The fourth-order valence-corrected chi connectivity index (χ4v) is 2.66. The zero-order chi connectivity index (χ0) is 15.5. The van der Waals surface area contributed by atoms with Crippen molar-refractivity contribution in [2.75, 3.05) is 18.6 Å². The maximum atomic E-state index is 12.3. The quantitative estimate of drug-likeness (QED) is 0.577. The first kappa shape index (κ1) is 18.5. The number of thioether (sulfide) groups is 1. The third-order valence-corrected chi connectivity index (χ3v) is 3.94. The Kier molecular flexibility index (Phi) is 9.79. The normalized spacial score (nSPS) is 11.1. The van der Waals surface area contributed by atoms with E-state index in [1.165, 1.54) is 31.1 Å². The van der Waals surface area contributed by atoms with Crippen LogP contribution in [0.15, 0.2) is 18.2 Å². The van der Waals surface area contributed by atoms with Gasteiger partial charge in [-0.15, -0.1) is 0 Å². The molecule has 0 saturated carbocycles. The number of rotatable bonds is 11. The van der Waals surface area contributed by atoms with Gasteiger partial charge in [0.2, 0.25) is 0 Å². The molecular weight excluding hydrogens is 316 g/mol. The van der Waals surface area contributed by atoms with Gasteiger partial charge in [0.1, 0.15) is 5.75 Å². The molecule has 1 rings (SSSR count). The molecule has 1 N–H and O–H groups in total. The molecule has 2 nitrogen and oxygen atoms in total. The van der Waals surface area contributed by atoms with Crippen molar-refractivity contribution in [2.45, 2.75) is 38.8 Å².